The lowest BCUT2D eigenvalue weighted by atomic mass is 10.1. The first-order chi connectivity index (χ1) is 11.8. The summed E-state index contributed by atoms with van der Waals surface area (Å²) >= 11 is 0. The molecule has 0 aliphatic rings. The van der Waals surface area contributed by atoms with Crippen LogP contribution in [-0.4, -0.2) is 51.0 Å². The SMILES string of the molecule is C=CCOCC(NC(=O)c1cc(C)nc2c1cnn2C(C)C)C(=O)O. The molecule has 0 aliphatic heterocycles. The van der Waals surface area contributed by atoms with Crippen LogP contribution in [-0.2, 0) is 9.53 Å². The second kappa shape index (κ2) is 7.89. The number of ether oxygens (including phenoxy) is 1. The monoisotopic (exact) mass is 346 g/mol. The third kappa shape index (κ3) is 4.21. The molecule has 0 saturated heterocycles. The van der Waals surface area contributed by atoms with E-state index in [1.807, 2.05) is 13.8 Å². The van der Waals surface area contributed by atoms with Gasteiger partial charge in [0.1, 0.15) is 0 Å². The summed E-state index contributed by atoms with van der Waals surface area (Å²) in [5.41, 5.74) is 1.58. The molecule has 0 fully saturated rings. The van der Waals surface area contributed by atoms with Gasteiger partial charge in [0.05, 0.1) is 30.4 Å². The second-order valence-electron chi connectivity index (χ2n) is 5.92. The van der Waals surface area contributed by atoms with Gasteiger partial charge in [0, 0.05) is 11.7 Å². The lowest BCUT2D eigenvalue weighted by Gasteiger charge is -2.15. The number of aromatic nitrogens is 3. The Kier molecular flexibility index (Phi) is 5.87. The van der Waals surface area contributed by atoms with Crippen molar-refractivity contribution in [3.05, 3.63) is 36.2 Å². The van der Waals surface area contributed by atoms with Crippen molar-refractivity contribution in [3.8, 4) is 0 Å². The molecule has 8 nitrogen and oxygen atoms in total. The number of nitrogens with one attached hydrogen (secondary N) is 1. The fraction of sp³-hybridized carbons (Fsp3) is 0.412. The molecule has 134 valence electrons. The van der Waals surface area contributed by atoms with Gasteiger partial charge in [-0.2, -0.15) is 5.10 Å². The quantitative estimate of drug-likeness (QED) is 0.557. The highest BCUT2D eigenvalue weighted by Gasteiger charge is 2.23. The van der Waals surface area contributed by atoms with Crippen molar-refractivity contribution >= 4 is 22.9 Å². The molecule has 1 atom stereocenters. The van der Waals surface area contributed by atoms with Gasteiger partial charge in [-0.05, 0) is 26.8 Å². The Bertz CT molecular complexity index is 797. The average Bonchev–Trinajstić information content (AvgIpc) is 2.96. The topological polar surface area (TPSA) is 106 Å². The predicted molar refractivity (Wildman–Crippen MR) is 92.6 cm³/mol. The summed E-state index contributed by atoms with van der Waals surface area (Å²) in [6.07, 6.45) is 3.08. The molecule has 0 aliphatic carbocycles. The van der Waals surface area contributed by atoms with Crippen LogP contribution in [0.2, 0.25) is 0 Å². The highest BCUT2D eigenvalue weighted by molar-refractivity contribution is 6.06. The normalized spacial score (nSPS) is 12.3. The summed E-state index contributed by atoms with van der Waals surface area (Å²) in [6, 6.07) is 0.547. The molecule has 2 aromatic heterocycles. The summed E-state index contributed by atoms with van der Waals surface area (Å²) in [6.45, 7) is 9.26. The number of aliphatic carboxylic acids is 1. The molecule has 2 rings (SSSR count). The van der Waals surface area contributed by atoms with Gasteiger partial charge in [-0.25, -0.2) is 14.5 Å². The Balaban J connectivity index is 2.31. The Morgan fingerprint density at radius 2 is 2.20 bits per heavy atom. The van der Waals surface area contributed by atoms with E-state index < -0.39 is 17.9 Å². The third-order valence-corrected chi connectivity index (χ3v) is 3.55. The van der Waals surface area contributed by atoms with Gasteiger partial charge in [0.2, 0.25) is 0 Å². The largest absolute Gasteiger partial charge is 0.480 e. The van der Waals surface area contributed by atoms with E-state index in [1.54, 1.807) is 23.9 Å². The molecule has 0 bridgehead atoms. The lowest BCUT2D eigenvalue weighted by molar-refractivity contribution is -0.140. The molecule has 1 amide bonds. The summed E-state index contributed by atoms with van der Waals surface area (Å²) in [4.78, 5) is 28.4. The fourth-order valence-corrected chi connectivity index (χ4v) is 2.39. The van der Waals surface area contributed by atoms with Gasteiger partial charge in [0.25, 0.3) is 5.91 Å². The number of nitrogens with zero attached hydrogens (tertiary/aromatic N) is 3. The number of pyridine rings is 1. The summed E-state index contributed by atoms with van der Waals surface area (Å²) in [5, 5.41) is 16.6. The second-order valence-corrected chi connectivity index (χ2v) is 5.92. The maximum atomic E-state index is 12.6. The first-order valence-corrected chi connectivity index (χ1v) is 7.92. The van der Waals surface area contributed by atoms with Gasteiger partial charge >= 0.3 is 5.97 Å². The molecule has 2 aromatic rings. The zero-order chi connectivity index (χ0) is 18.6. The van der Waals surface area contributed by atoms with Crippen LogP contribution in [0.5, 0.6) is 0 Å². The molecular formula is C17H22N4O4. The highest BCUT2D eigenvalue weighted by Crippen LogP contribution is 2.21. The van der Waals surface area contributed by atoms with E-state index in [0.717, 1.165) is 0 Å². The predicted octanol–water partition coefficient (Wildman–Crippen LogP) is 1.71. The van der Waals surface area contributed by atoms with Gasteiger partial charge in [-0.1, -0.05) is 6.08 Å². The lowest BCUT2D eigenvalue weighted by Crippen LogP contribution is -2.44. The van der Waals surface area contributed by atoms with E-state index in [0.29, 0.717) is 22.3 Å². The number of carboxylic acid groups (broad SMARTS) is 1. The van der Waals surface area contributed by atoms with E-state index in [4.69, 9.17) is 4.74 Å². The number of carbonyl (C=O) groups is 2. The maximum Gasteiger partial charge on any atom is 0.328 e. The minimum absolute atomic E-state index is 0.0850. The van der Waals surface area contributed by atoms with E-state index in [1.165, 1.54) is 6.08 Å². The number of carbonyl (C=O) groups excluding carboxylic acids is 1. The van der Waals surface area contributed by atoms with Gasteiger partial charge in [-0.15, -0.1) is 6.58 Å². The molecule has 0 spiro atoms. The van der Waals surface area contributed by atoms with Crippen LogP contribution in [0, 0.1) is 6.92 Å². The van der Waals surface area contributed by atoms with Crippen LogP contribution < -0.4 is 5.32 Å². The van der Waals surface area contributed by atoms with Crippen LogP contribution in [0.3, 0.4) is 0 Å². The van der Waals surface area contributed by atoms with E-state index >= 15 is 0 Å². The molecule has 25 heavy (non-hydrogen) atoms. The molecule has 2 heterocycles. The fourth-order valence-electron chi connectivity index (χ4n) is 2.39. The zero-order valence-electron chi connectivity index (χ0n) is 14.5. The van der Waals surface area contributed by atoms with Crippen LogP contribution in [0.1, 0.15) is 35.9 Å². The van der Waals surface area contributed by atoms with Gasteiger partial charge in [0.15, 0.2) is 11.7 Å². The van der Waals surface area contributed by atoms with Crippen molar-refractivity contribution in [2.45, 2.75) is 32.9 Å². The number of fused-ring (bicyclic) bond motifs is 1. The smallest absolute Gasteiger partial charge is 0.328 e. The molecule has 8 heteroatoms. The third-order valence-electron chi connectivity index (χ3n) is 3.55. The van der Waals surface area contributed by atoms with Crippen molar-refractivity contribution in [1.82, 2.24) is 20.1 Å². The van der Waals surface area contributed by atoms with E-state index in [2.05, 4.69) is 22.0 Å². The van der Waals surface area contributed by atoms with Crippen LogP contribution in [0.25, 0.3) is 11.0 Å². The molecule has 2 N–H and O–H groups in total. The number of carboxylic acids is 1. The Labute approximate surface area is 145 Å². The zero-order valence-corrected chi connectivity index (χ0v) is 14.5. The molecule has 1 unspecified atom stereocenters. The van der Waals surface area contributed by atoms with Crippen molar-refractivity contribution in [1.29, 1.82) is 0 Å². The Morgan fingerprint density at radius 3 is 2.80 bits per heavy atom. The summed E-state index contributed by atoms with van der Waals surface area (Å²) < 4.78 is 6.87. The Hall–Kier alpha value is -2.74. The number of aryl methyl sites for hydroxylation is 1. The van der Waals surface area contributed by atoms with Crippen LogP contribution in [0.4, 0.5) is 0 Å². The van der Waals surface area contributed by atoms with E-state index in [-0.39, 0.29) is 19.3 Å². The summed E-state index contributed by atoms with van der Waals surface area (Å²) in [7, 11) is 0. The standard InChI is InChI=1S/C17H22N4O4/c1-5-6-25-9-14(17(23)24)20-16(22)12-7-11(4)19-15-13(12)8-18-21(15)10(2)3/h5,7-8,10,14H,1,6,9H2,2-4H3,(H,20,22)(H,23,24). The molecule has 0 radical (unpaired) electrons. The van der Waals surface area contributed by atoms with Crippen LogP contribution >= 0.6 is 0 Å². The number of hydrogen-bond donors (Lipinski definition) is 2. The molecular weight excluding hydrogens is 324 g/mol. The number of rotatable bonds is 8. The molecule has 0 saturated carbocycles. The minimum Gasteiger partial charge on any atom is -0.480 e. The van der Waals surface area contributed by atoms with Crippen LogP contribution in [0.15, 0.2) is 24.9 Å². The van der Waals surface area contributed by atoms with Crippen molar-refractivity contribution in [2.24, 2.45) is 0 Å². The highest BCUT2D eigenvalue weighted by atomic mass is 16.5. The molecule has 0 aromatic carbocycles. The van der Waals surface area contributed by atoms with Crippen molar-refractivity contribution in [3.63, 3.8) is 0 Å². The van der Waals surface area contributed by atoms with Gasteiger partial charge in [-0.3, -0.25) is 4.79 Å². The first kappa shape index (κ1) is 18.6. The average molecular weight is 346 g/mol. The first-order valence-electron chi connectivity index (χ1n) is 7.92. The maximum absolute atomic E-state index is 12.6. The Morgan fingerprint density at radius 1 is 1.48 bits per heavy atom. The van der Waals surface area contributed by atoms with Gasteiger partial charge < -0.3 is 15.2 Å². The minimum atomic E-state index is -1.17. The van der Waals surface area contributed by atoms with Crippen molar-refractivity contribution < 1.29 is 19.4 Å². The number of amides is 1. The number of hydrogen-bond acceptors (Lipinski definition) is 5. The summed E-state index contributed by atoms with van der Waals surface area (Å²) in [5.74, 6) is -1.68. The van der Waals surface area contributed by atoms with Crippen molar-refractivity contribution in [2.75, 3.05) is 13.2 Å². The van der Waals surface area contributed by atoms with E-state index in [9.17, 15) is 14.7 Å².